The molecule has 2 saturated heterocycles. The second kappa shape index (κ2) is 7.81. The molecule has 0 aliphatic carbocycles. The summed E-state index contributed by atoms with van der Waals surface area (Å²) in [5.74, 6) is -0.420. The standard InChI is InChI=1S/C19H26FN3O5S/c1-19(2,3)28-18(25)22-10-8-21(9-11-22)15-6-4-5-7-16(15)23-13-14(12-17(23)24)29(20,26)27/h4-7,14H,8-13H2,1-3H3. The predicted octanol–water partition coefficient (Wildman–Crippen LogP) is 2.15. The number of halogens is 1. The monoisotopic (exact) mass is 427 g/mol. The average molecular weight is 427 g/mol. The number of hydrogen-bond donors (Lipinski definition) is 0. The fraction of sp³-hybridized carbons (Fsp3) is 0.579. The van der Waals surface area contributed by atoms with Gasteiger partial charge in [0.15, 0.2) is 0 Å². The van der Waals surface area contributed by atoms with Gasteiger partial charge in [-0.3, -0.25) is 4.79 Å². The first-order chi connectivity index (χ1) is 13.5. The van der Waals surface area contributed by atoms with Crippen LogP contribution in [0.3, 0.4) is 0 Å². The van der Waals surface area contributed by atoms with Gasteiger partial charge in [-0.2, -0.15) is 8.42 Å². The largest absolute Gasteiger partial charge is 0.444 e. The third-order valence-corrected chi connectivity index (χ3v) is 6.04. The van der Waals surface area contributed by atoms with Crippen LogP contribution in [0.15, 0.2) is 24.3 Å². The highest BCUT2D eigenvalue weighted by atomic mass is 32.3. The summed E-state index contributed by atoms with van der Waals surface area (Å²) < 4.78 is 41.3. The van der Waals surface area contributed by atoms with Crippen LogP contribution >= 0.6 is 0 Å². The van der Waals surface area contributed by atoms with Gasteiger partial charge < -0.3 is 19.4 Å². The van der Waals surface area contributed by atoms with Crippen molar-refractivity contribution in [3.63, 3.8) is 0 Å². The Morgan fingerprint density at radius 2 is 1.69 bits per heavy atom. The molecule has 29 heavy (non-hydrogen) atoms. The number of anilines is 2. The minimum Gasteiger partial charge on any atom is -0.444 e. The normalized spacial score (nSPS) is 20.9. The molecule has 10 heteroatoms. The number of carbonyl (C=O) groups excluding carboxylic acids is 2. The Morgan fingerprint density at radius 3 is 2.21 bits per heavy atom. The number of nitrogens with zero attached hydrogens (tertiary/aromatic N) is 3. The van der Waals surface area contributed by atoms with Crippen molar-refractivity contribution >= 4 is 33.6 Å². The number of hydrogen-bond acceptors (Lipinski definition) is 6. The lowest BCUT2D eigenvalue weighted by Crippen LogP contribution is -2.50. The summed E-state index contributed by atoms with van der Waals surface area (Å²) in [6.07, 6.45) is -0.726. The first-order valence-electron chi connectivity index (χ1n) is 9.51. The van der Waals surface area contributed by atoms with Gasteiger partial charge in [-0.15, -0.1) is 3.89 Å². The summed E-state index contributed by atoms with van der Waals surface area (Å²) in [6.45, 7) is 7.22. The highest BCUT2D eigenvalue weighted by Gasteiger charge is 2.40. The molecule has 1 aromatic carbocycles. The zero-order valence-electron chi connectivity index (χ0n) is 16.8. The van der Waals surface area contributed by atoms with E-state index in [2.05, 4.69) is 0 Å². The Balaban J connectivity index is 1.73. The van der Waals surface area contributed by atoms with E-state index in [-0.39, 0.29) is 19.1 Å². The molecule has 0 aromatic heterocycles. The van der Waals surface area contributed by atoms with Gasteiger partial charge in [-0.1, -0.05) is 12.1 Å². The Bertz CT molecular complexity index is 891. The van der Waals surface area contributed by atoms with Crippen molar-refractivity contribution in [3.05, 3.63) is 24.3 Å². The van der Waals surface area contributed by atoms with Crippen molar-refractivity contribution in [2.24, 2.45) is 0 Å². The van der Waals surface area contributed by atoms with Crippen molar-refractivity contribution in [2.75, 3.05) is 42.5 Å². The zero-order valence-corrected chi connectivity index (χ0v) is 17.6. The van der Waals surface area contributed by atoms with Gasteiger partial charge in [0.2, 0.25) is 5.91 Å². The Labute approximate surface area is 170 Å². The van der Waals surface area contributed by atoms with Crippen LogP contribution in [0.5, 0.6) is 0 Å². The lowest BCUT2D eigenvalue weighted by Gasteiger charge is -2.38. The first kappa shape index (κ1) is 21.4. The van der Waals surface area contributed by atoms with Crippen LogP contribution in [-0.2, 0) is 19.8 Å². The molecule has 0 N–H and O–H groups in total. The number of para-hydroxylation sites is 2. The third kappa shape index (κ3) is 4.98. The minimum absolute atomic E-state index is 0.202. The molecule has 2 fully saturated rings. The molecule has 2 aliphatic heterocycles. The molecular weight excluding hydrogens is 401 g/mol. The van der Waals surface area contributed by atoms with Crippen molar-refractivity contribution in [1.29, 1.82) is 0 Å². The van der Waals surface area contributed by atoms with E-state index in [4.69, 9.17) is 4.74 Å². The SMILES string of the molecule is CC(C)(C)OC(=O)N1CCN(c2ccccc2N2CC(S(=O)(=O)F)CC2=O)CC1. The van der Waals surface area contributed by atoms with E-state index in [1.54, 1.807) is 17.0 Å². The second-order valence-electron chi connectivity index (χ2n) is 8.25. The molecule has 0 saturated carbocycles. The highest BCUT2D eigenvalue weighted by molar-refractivity contribution is 7.87. The minimum atomic E-state index is -4.78. The highest BCUT2D eigenvalue weighted by Crippen LogP contribution is 2.34. The van der Waals surface area contributed by atoms with Crippen LogP contribution in [0.2, 0.25) is 0 Å². The Kier molecular flexibility index (Phi) is 5.75. The average Bonchev–Trinajstić information content (AvgIpc) is 3.02. The fourth-order valence-corrected chi connectivity index (χ4v) is 4.18. The lowest BCUT2D eigenvalue weighted by molar-refractivity contribution is -0.117. The Hall–Kier alpha value is -2.36. The number of piperazine rings is 1. The molecule has 2 aliphatic rings. The maximum Gasteiger partial charge on any atom is 0.410 e. The summed E-state index contributed by atoms with van der Waals surface area (Å²) in [5, 5.41) is -1.34. The van der Waals surface area contributed by atoms with Crippen LogP contribution in [-0.4, -0.2) is 68.9 Å². The molecule has 2 heterocycles. The molecule has 0 spiro atoms. The van der Waals surface area contributed by atoms with E-state index in [0.717, 1.165) is 5.69 Å². The summed E-state index contributed by atoms with van der Waals surface area (Å²) in [4.78, 5) is 29.6. The van der Waals surface area contributed by atoms with Crippen molar-refractivity contribution in [3.8, 4) is 0 Å². The van der Waals surface area contributed by atoms with Crippen LogP contribution in [0, 0.1) is 0 Å². The van der Waals surface area contributed by atoms with Gasteiger partial charge in [0.1, 0.15) is 10.9 Å². The van der Waals surface area contributed by atoms with Gasteiger partial charge in [0.25, 0.3) is 0 Å². The van der Waals surface area contributed by atoms with Gasteiger partial charge in [-0.25, -0.2) is 4.79 Å². The Morgan fingerprint density at radius 1 is 1.10 bits per heavy atom. The van der Waals surface area contributed by atoms with E-state index in [1.165, 1.54) is 4.90 Å². The topological polar surface area (TPSA) is 87.2 Å². The second-order valence-corrected chi connectivity index (χ2v) is 9.87. The van der Waals surface area contributed by atoms with Gasteiger partial charge in [0, 0.05) is 39.1 Å². The molecule has 1 atom stereocenters. The quantitative estimate of drug-likeness (QED) is 0.687. The number of amides is 2. The van der Waals surface area contributed by atoms with Gasteiger partial charge >= 0.3 is 16.3 Å². The smallest absolute Gasteiger partial charge is 0.410 e. The number of benzene rings is 1. The number of carbonyl (C=O) groups is 2. The van der Waals surface area contributed by atoms with E-state index >= 15 is 0 Å². The molecule has 1 aromatic rings. The summed E-state index contributed by atoms with van der Waals surface area (Å²) in [5.41, 5.74) is 0.737. The summed E-state index contributed by atoms with van der Waals surface area (Å²) in [7, 11) is -4.78. The molecule has 1 unspecified atom stereocenters. The molecule has 0 bridgehead atoms. The maximum absolute atomic E-state index is 13.4. The van der Waals surface area contributed by atoms with Crippen LogP contribution in [0.1, 0.15) is 27.2 Å². The van der Waals surface area contributed by atoms with Crippen molar-refractivity contribution in [1.82, 2.24) is 4.90 Å². The van der Waals surface area contributed by atoms with Gasteiger partial charge in [0.05, 0.1) is 11.4 Å². The summed E-state index contributed by atoms with van der Waals surface area (Å²) in [6, 6.07) is 7.13. The number of rotatable bonds is 3. The number of ether oxygens (including phenoxy) is 1. The van der Waals surface area contributed by atoms with E-state index < -0.39 is 27.0 Å². The van der Waals surface area contributed by atoms with Crippen LogP contribution in [0.4, 0.5) is 20.1 Å². The third-order valence-electron chi connectivity index (χ3n) is 4.93. The predicted molar refractivity (Wildman–Crippen MR) is 107 cm³/mol. The van der Waals surface area contributed by atoms with Crippen LogP contribution in [0.25, 0.3) is 0 Å². The molecular formula is C19H26FN3O5S. The van der Waals surface area contributed by atoms with E-state index in [1.807, 2.05) is 37.8 Å². The maximum atomic E-state index is 13.4. The zero-order chi connectivity index (χ0) is 21.4. The van der Waals surface area contributed by atoms with Gasteiger partial charge in [-0.05, 0) is 32.9 Å². The molecule has 8 nitrogen and oxygen atoms in total. The van der Waals surface area contributed by atoms with Crippen LogP contribution < -0.4 is 9.80 Å². The van der Waals surface area contributed by atoms with Crippen molar-refractivity contribution < 1.29 is 26.6 Å². The molecule has 3 rings (SSSR count). The molecule has 160 valence electrons. The fourth-order valence-electron chi connectivity index (χ4n) is 3.51. The first-order valence-corrected chi connectivity index (χ1v) is 11.0. The van der Waals surface area contributed by atoms with E-state index in [0.29, 0.717) is 31.9 Å². The molecule has 0 radical (unpaired) electrons. The van der Waals surface area contributed by atoms with E-state index in [9.17, 15) is 21.9 Å². The summed E-state index contributed by atoms with van der Waals surface area (Å²) >= 11 is 0. The van der Waals surface area contributed by atoms with Crippen molar-refractivity contribution in [2.45, 2.75) is 38.0 Å². The lowest BCUT2D eigenvalue weighted by atomic mass is 10.2. The molecule has 2 amide bonds.